The van der Waals surface area contributed by atoms with E-state index in [0.29, 0.717) is 11.8 Å². The van der Waals surface area contributed by atoms with Crippen LogP contribution in [0.2, 0.25) is 0 Å². The highest BCUT2D eigenvalue weighted by Gasteiger charge is 2.20. The summed E-state index contributed by atoms with van der Waals surface area (Å²) in [5.74, 6) is 0.996. The van der Waals surface area contributed by atoms with Gasteiger partial charge < -0.3 is 5.11 Å². The lowest BCUT2D eigenvalue weighted by atomic mass is 9.80. The van der Waals surface area contributed by atoms with Gasteiger partial charge in [0, 0.05) is 6.61 Å². The molecule has 0 aliphatic carbocycles. The Balaban J connectivity index is 2.08. The number of aliphatic hydroxyl groups excluding tert-OH is 1. The fourth-order valence-electron chi connectivity index (χ4n) is 3.51. The van der Waals surface area contributed by atoms with Crippen molar-refractivity contribution in [3.63, 3.8) is 0 Å². The summed E-state index contributed by atoms with van der Waals surface area (Å²) >= 11 is 0. The summed E-state index contributed by atoms with van der Waals surface area (Å²) in [6.45, 7) is 9.06. The number of hydrogen-bond donors (Lipinski definition) is 1. The summed E-state index contributed by atoms with van der Waals surface area (Å²) in [7, 11) is 0. The fraction of sp³-hybridized carbons (Fsp3) is 0.455. The van der Waals surface area contributed by atoms with Gasteiger partial charge in [0.15, 0.2) is 0 Å². The molecule has 0 aromatic heterocycles. The number of hydrogen-bond acceptors (Lipinski definition) is 1. The van der Waals surface area contributed by atoms with Crippen LogP contribution in [0, 0.1) is 26.7 Å². The molecule has 23 heavy (non-hydrogen) atoms. The molecule has 0 saturated heterocycles. The molecule has 0 bridgehead atoms. The van der Waals surface area contributed by atoms with Gasteiger partial charge >= 0.3 is 0 Å². The van der Waals surface area contributed by atoms with Crippen molar-refractivity contribution < 1.29 is 5.11 Å². The van der Waals surface area contributed by atoms with E-state index < -0.39 is 0 Å². The quantitative estimate of drug-likeness (QED) is 0.731. The highest BCUT2D eigenvalue weighted by atomic mass is 16.3. The third-order valence-corrected chi connectivity index (χ3v) is 5.05. The molecule has 2 rings (SSSR count). The molecular formula is C22H30O. The van der Waals surface area contributed by atoms with Crippen molar-refractivity contribution in [1.82, 2.24) is 0 Å². The van der Waals surface area contributed by atoms with E-state index in [1.165, 1.54) is 27.8 Å². The minimum absolute atomic E-state index is 0.272. The zero-order valence-electron chi connectivity index (χ0n) is 15.0. The van der Waals surface area contributed by atoms with E-state index in [-0.39, 0.29) is 6.61 Å². The summed E-state index contributed by atoms with van der Waals surface area (Å²) in [6, 6.07) is 15.6. The Morgan fingerprint density at radius 1 is 0.870 bits per heavy atom. The van der Waals surface area contributed by atoms with Gasteiger partial charge in [0.1, 0.15) is 0 Å². The standard InChI is InChI=1S/C22H30O/c1-16-5-8-20(9-6-16)10-11-21(13-14-23)19(4)22-12-7-17(2)15-18(22)3/h5-9,12,15,19,21,23H,10-11,13-14H2,1-4H3. The molecule has 0 aliphatic rings. The minimum atomic E-state index is 0.272. The smallest absolute Gasteiger partial charge is 0.0433 e. The SMILES string of the molecule is Cc1ccc(CCC(CCO)C(C)c2ccc(C)cc2C)cc1. The zero-order chi connectivity index (χ0) is 16.8. The van der Waals surface area contributed by atoms with Crippen LogP contribution in [-0.4, -0.2) is 11.7 Å². The van der Waals surface area contributed by atoms with Crippen molar-refractivity contribution in [3.8, 4) is 0 Å². The Bertz CT molecular complexity index is 612. The summed E-state index contributed by atoms with van der Waals surface area (Å²) in [4.78, 5) is 0. The van der Waals surface area contributed by atoms with Crippen molar-refractivity contribution in [2.45, 2.75) is 52.9 Å². The van der Waals surface area contributed by atoms with E-state index in [0.717, 1.165) is 19.3 Å². The maximum absolute atomic E-state index is 9.48. The third kappa shape index (κ3) is 4.94. The fourth-order valence-corrected chi connectivity index (χ4v) is 3.51. The van der Waals surface area contributed by atoms with Crippen LogP contribution in [0.25, 0.3) is 0 Å². The molecule has 0 heterocycles. The predicted octanol–water partition coefficient (Wildman–Crippen LogP) is 5.35. The first-order valence-electron chi connectivity index (χ1n) is 8.75. The van der Waals surface area contributed by atoms with Crippen LogP contribution in [0.1, 0.15) is 53.5 Å². The molecule has 124 valence electrons. The van der Waals surface area contributed by atoms with Crippen LogP contribution in [-0.2, 0) is 6.42 Å². The zero-order valence-corrected chi connectivity index (χ0v) is 15.0. The first-order valence-corrected chi connectivity index (χ1v) is 8.75. The van der Waals surface area contributed by atoms with E-state index in [1.54, 1.807) is 0 Å². The molecule has 2 aromatic carbocycles. The van der Waals surface area contributed by atoms with Crippen LogP contribution in [0.5, 0.6) is 0 Å². The number of aliphatic hydroxyl groups is 1. The molecular weight excluding hydrogens is 280 g/mol. The predicted molar refractivity (Wildman–Crippen MR) is 99.0 cm³/mol. The molecule has 1 heteroatoms. The van der Waals surface area contributed by atoms with Crippen LogP contribution >= 0.6 is 0 Å². The second-order valence-corrected chi connectivity index (χ2v) is 6.95. The van der Waals surface area contributed by atoms with E-state index in [1.807, 2.05) is 0 Å². The van der Waals surface area contributed by atoms with E-state index >= 15 is 0 Å². The number of rotatable bonds is 7. The first kappa shape index (κ1) is 17.7. The lowest BCUT2D eigenvalue weighted by molar-refractivity contribution is 0.238. The normalized spacial score (nSPS) is 13.8. The van der Waals surface area contributed by atoms with Crippen LogP contribution in [0.3, 0.4) is 0 Å². The van der Waals surface area contributed by atoms with Gasteiger partial charge in [0.25, 0.3) is 0 Å². The lowest BCUT2D eigenvalue weighted by Gasteiger charge is -2.25. The van der Waals surface area contributed by atoms with Crippen molar-refractivity contribution in [1.29, 1.82) is 0 Å². The number of aryl methyl sites for hydroxylation is 4. The highest BCUT2D eigenvalue weighted by molar-refractivity contribution is 5.33. The molecule has 0 spiro atoms. The minimum Gasteiger partial charge on any atom is -0.396 e. The van der Waals surface area contributed by atoms with Gasteiger partial charge in [-0.1, -0.05) is 60.5 Å². The summed E-state index contributed by atoms with van der Waals surface area (Å²) in [5, 5.41) is 9.48. The Labute approximate surface area is 141 Å². The maximum Gasteiger partial charge on any atom is 0.0433 e. The van der Waals surface area contributed by atoms with Crippen molar-refractivity contribution in [3.05, 3.63) is 70.3 Å². The molecule has 2 aromatic rings. The molecule has 0 amide bonds. The first-order chi connectivity index (χ1) is 11.0. The Hall–Kier alpha value is -1.60. The summed E-state index contributed by atoms with van der Waals surface area (Å²) < 4.78 is 0. The number of benzene rings is 2. The Morgan fingerprint density at radius 2 is 1.52 bits per heavy atom. The summed E-state index contributed by atoms with van der Waals surface area (Å²) in [5.41, 5.74) is 6.82. The van der Waals surface area contributed by atoms with Gasteiger partial charge in [-0.2, -0.15) is 0 Å². The molecule has 2 unspecified atom stereocenters. The average Bonchev–Trinajstić information content (AvgIpc) is 2.52. The summed E-state index contributed by atoms with van der Waals surface area (Å²) in [6.07, 6.45) is 3.08. The molecule has 0 fully saturated rings. The van der Waals surface area contributed by atoms with E-state index in [2.05, 4.69) is 70.2 Å². The Kier molecular flexibility index (Phi) is 6.41. The van der Waals surface area contributed by atoms with Crippen molar-refractivity contribution in [2.75, 3.05) is 6.61 Å². The average molecular weight is 310 g/mol. The Morgan fingerprint density at radius 3 is 2.13 bits per heavy atom. The maximum atomic E-state index is 9.48. The largest absolute Gasteiger partial charge is 0.396 e. The van der Waals surface area contributed by atoms with Crippen molar-refractivity contribution >= 4 is 0 Å². The van der Waals surface area contributed by atoms with Gasteiger partial charge in [0.05, 0.1) is 0 Å². The van der Waals surface area contributed by atoms with Crippen LogP contribution < -0.4 is 0 Å². The highest BCUT2D eigenvalue weighted by Crippen LogP contribution is 2.32. The monoisotopic (exact) mass is 310 g/mol. The van der Waals surface area contributed by atoms with Crippen LogP contribution in [0.15, 0.2) is 42.5 Å². The third-order valence-electron chi connectivity index (χ3n) is 5.05. The molecule has 2 atom stereocenters. The molecule has 0 aliphatic heterocycles. The van der Waals surface area contributed by atoms with Gasteiger partial charge in [-0.3, -0.25) is 0 Å². The van der Waals surface area contributed by atoms with Crippen LogP contribution in [0.4, 0.5) is 0 Å². The van der Waals surface area contributed by atoms with E-state index in [4.69, 9.17) is 0 Å². The van der Waals surface area contributed by atoms with Gasteiger partial charge in [-0.15, -0.1) is 0 Å². The molecule has 0 radical (unpaired) electrons. The molecule has 1 N–H and O–H groups in total. The van der Waals surface area contributed by atoms with E-state index in [9.17, 15) is 5.11 Å². The van der Waals surface area contributed by atoms with Crippen molar-refractivity contribution in [2.24, 2.45) is 5.92 Å². The second kappa shape index (κ2) is 8.31. The van der Waals surface area contributed by atoms with Gasteiger partial charge in [-0.05, 0) is 68.6 Å². The molecule has 0 saturated carbocycles. The van der Waals surface area contributed by atoms with Gasteiger partial charge in [-0.25, -0.2) is 0 Å². The van der Waals surface area contributed by atoms with Gasteiger partial charge in [0.2, 0.25) is 0 Å². The topological polar surface area (TPSA) is 20.2 Å². The lowest BCUT2D eigenvalue weighted by Crippen LogP contribution is -2.14. The molecule has 1 nitrogen and oxygen atoms in total. The second-order valence-electron chi connectivity index (χ2n) is 6.95.